The van der Waals surface area contributed by atoms with Gasteiger partial charge in [-0.15, -0.1) is 0 Å². The molecule has 0 bridgehead atoms. The Balaban J connectivity index is 2.13. The lowest BCUT2D eigenvalue weighted by atomic mass is 10.1. The van der Waals surface area contributed by atoms with Crippen LogP contribution in [-0.4, -0.2) is 48.1 Å². The molecule has 0 aliphatic carbocycles. The van der Waals surface area contributed by atoms with Crippen LogP contribution in [0.2, 0.25) is 0 Å². The minimum absolute atomic E-state index is 0.115. The molecule has 0 aliphatic heterocycles. The zero-order valence-electron chi connectivity index (χ0n) is 14.4. The van der Waals surface area contributed by atoms with Gasteiger partial charge in [-0.3, -0.25) is 4.79 Å². The molecule has 5 N–H and O–H groups in total. The quantitative estimate of drug-likeness (QED) is 0.186. The highest BCUT2D eigenvalue weighted by Crippen LogP contribution is 2.03. The van der Waals surface area contributed by atoms with Crippen molar-refractivity contribution in [2.45, 2.75) is 19.0 Å². The Hall–Kier alpha value is -2.98. The molecule has 26 heavy (non-hydrogen) atoms. The maximum Gasteiger partial charge on any atom is 0.328 e. The average Bonchev–Trinajstić information content (AvgIpc) is 3.15. The number of nitrogens with two attached hydrogens (primary N) is 1. The summed E-state index contributed by atoms with van der Waals surface area (Å²) in [4.78, 5) is 31.2. The lowest BCUT2D eigenvalue weighted by molar-refractivity contribution is -0.616. The van der Waals surface area contributed by atoms with Crippen molar-refractivity contribution >= 4 is 11.9 Å². The van der Waals surface area contributed by atoms with Gasteiger partial charge in [-0.2, -0.15) is 4.73 Å². The highest BCUT2D eigenvalue weighted by Gasteiger charge is 2.27. The number of nitrogens with one attached hydrogen (secondary N) is 3. The Morgan fingerprint density at radius 2 is 2.27 bits per heavy atom. The second kappa shape index (κ2) is 9.49. The molecule has 0 aromatic carbocycles. The van der Waals surface area contributed by atoms with Crippen molar-refractivity contribution in [2.24, 2.45) is 5.73 Å². The molecule has 2 heterocycles. The standard InChI is InChI=1S/C16H22N6O4/c1-26-16(24)13(7-11-8-19-10-20-11)21-15(23)14-4-2-3-12(22(14)25)9-18-6-5-17/h2-4,8,10,13,18H,5-7,9,17H2,1H3,(H,19,20)(H,21,23). The number of aromatic amines is 1. The fourth-order valence-electron chi connectivity index (χ4n) is 2.34. The van der Waals surface area contributed by atoms with Crippen LogP contribution in [0.4, 0.5) is 0 Å². The number of esters is 1. The van der Waals surface area contributed by atoms with E-state index in [1.807, 2.05) is 0 Å². The Bertz CT molecular complexity index is 734. The molecule has 140 valence electrons. The molecular weight excluding hydrogens is 340 g/mol. The number of hydrogen-bond donors (Lipinski definition) is 4. The van der Waals surface area contributed by atoms with Gasteiger partial charge in [0.25, 0.3) is 5.69 Å². The van der Waals surface area contributed by atoms with Crippen LogP contribution >= 0.6 is 0 Å². The predicted molar refractivity (Wildman–Crippen MR) is 91.7 cm³/mol. The topological polar surface area (TPSA) is 149 Å². The first-order valence-electron chi connectivity index (χ1n) is 8.05. The van der Waals surface area contributed by atoms with E-state index in [0.29, 0.717) is 29.2 Å². The number of carbonyl (C=O) groups is 2. The fourth-order valence-corrected chi connectivity index (χ4v) is 2.34. The third-order valence-electron chi connectivity index (χ3n) is 3.65. The molecular formula is C16H22N6O4. The van der Waals surface area contributed by atoms with E-state index >= 15 is 0 Å². The molecule has 0 spiro atoms. The maximum absolute atomic E-state index is 12.5. The zero-order valence-corrected chi connectivity index (χ0v) is 14.4. The smallest absolute Gasteiger partial charge is 0.328 e. The maximum atomic E-state index is 12.5. The van der Waals surface area contributed by atoms with Gasteiger partial charge < -0.3 is 31.3 Å². The lowest BCUT2D eigenvalue weighted by Gasteiger charge is -2.16. The number of ether oxygens (including phenoxy) is 1. The van der Waals surface area contributed by atoms with Crippen molar-refractivity contribution in [2.75, 3.05) is 20.2 Å². The second-order valence-electron chi connectivity index (χ2n) is 5.49. The van der Waals surface area contributed by atoms with Gasteiger partial charge in [0, 0.05) is 43.5 Å². The Kier molecular flexibility index (Phi) is 7.06. The van der Waals surface area contributed by atoms with Crippen LogP contribution in [0.15, 0.2) is 30.7 Å². The van der Waals surface area contributed by atoms with Gasteiger partial charge in [0.05, 0.1) is 20.0 Å². The molecule has 10 nitrogen and oxygen atoms in total. The Morgan fingerprint density at radius 1 is 1.46 bits per heavy atom. The number of pyridine rings is 1. The molecule has 2 aromatic rings. The van der Waals surface area contributed by atoms with Crippen molar-refractivity contribution in [3.05, 3.63) is 53.0 Å². The van der Waals surface area contributed by atoms with Gasteiger partial charge in [0.15, 0.2) is 0 Å². The fraction of sp³-hybridized carbons (Fsp3) is 0.375. The highest BCUT2D eigenvalue weighted by molar-refractivity contribution is 5.94. The first-order chi connectivity index (χ1) is 12.6. The molecule has 0 saturated heterocycles. The first kappa shape index (κ1) is 19.3. The third-order valence-corrected chi connectivity index (χ3v) is 3.65. The number of rotatable bonds is 9. The average molecular weight is 362 g/mol. The normalized spacial score (nSPS) is 11.8. The third kappa shape index (κ3) is 5.01. The molecule has 0 fully saturated rings. The van der Waals surface area contributed by atoms with Gasteiger partial charge in [-0.1, -0.05) is 0 Å². The van der Waals surface area contributed by atoms with Crippen LogP contribution in [0.1, 0.15) is 21.9 Å². The van der Waals surface area contributed by atoms with Gasteiger partial charge in [0.2, 0.25) is 5.69 Å². The minimum atomic E-state index is -0.952. The van der Waals surface area contributed by atoms with E-state index < -0.39 is 17.9 Å². The summed E-state index contributed by atoms with van der Waals surface area (Å²) in [5.41, 5.74) is 6.30. The van der Waals surface area contributed by atoms with E-state index in [1.165, 1.54) is 19.5 Å². The van der Waals surface area contributed by atoms with Crippen LogP contribution in [0.25, 0.3) is 0 Å². The van der Waals surface area contributed by atoms with E-state index in [1.54, 1.807) is 18.3 Å². The Labute approximate surface area is 150 Å². The van der Waals surface area contributed by atoms with Crippen molar-refractivity contribution in [3.8, 4) is 0 Å². The summed E-state index contributed by atoms with van der Waals surface area (Å²) in [7, 11) is 1.23. The number of H-pyrrole nitrogens is 1. The van der Waals surface area contributed by atoms with Gasteiger partial charge >= 0.3 is 11.9 Å². The van der Waals surface area contributed by atoms with Crippen molar-refractivity contribution in [1.29, 1.82) is 0 Å². The van der Waals surface area contributed by atoms with Gasteiger partial charge in [0.1, 0.15) is 6.04 Å². The second-order valence-corrected chi connectivity index (χ2v) is 5.49. The van der Waals surface area contributed by atoms with Gasteiger partial charge in [-0.05, 0) is 6.07 Å². The van der Waals surface area contributed by atoms with Crippen LogP contribution in [0, 0.1) is 5.21 Å². The molecule has 0 aliphatic rings. The van der Waals surface area contributed by atoms with Crippen LogP contribution in [0.3, 0.4) is 0 Å². The van der Waals surface area contributed by atoms with E-state index in [2.05, 4.69) is 20.6 Å². The molecule has 2 rings (SSSR count). The number of aromatic nitrogens is 3. The van der Waals surface area contributed by atoms with Gasteiger partial charge in [-0.25, -0.2) is 9.78 Å². The number of nitrogens with zero attached hydrogens (tertiary/aromatic N) is 2. The number of hydrogen-bond acceptors (Lipinski definition) is 7. The molecule has 1 unspecified atom stereocenters. The molecule has 10 heteroatoms. The monoisotopic (exact) mass is 362 g/mol. The van der Waals surface area contributed by atoms with Crippen LogP contribution in [-0.2, 0) is 22.5 Å². The zero-order chi connectivity index (χ0) is 18.9. The van der Waals surface area contributed by atoms with Crippen molar-refractivity contribution < 1.29 is 19.1 Å². The SMILES string of the molecule is COC(=O)C(Cc1cnc[nH]1)NC(=O)c1cccc(CNCCN)[n+]1[O-]. The molecule has 1 amide bonds. The summed E-state index contributed by atoms with van der Waals surface area (Å²) in [6.45, 7) is 1.26. The van der Waals surface area contributed by atoms with E-state index in [-0.39, 0.29) is 18.7 Å². The lowest BCUT2D eigenvalue weighted by Crippen LogP contribution is -2.49. The summed E-state index contributed by atoms with van der Waals surface area (Å²) in [6, 6.07) is 3.65. The summed E-state index contributed by atoms with van der Waals surface area (Å²) in [5.74, 6) is -1.29. The number of amides is 1. The molecule has 0 saturated carbocycles. The number of imidazole rings is 1. The number of methoxy groups -OCH3 is 1. The number of carbonyl (C=O) groups excluding carboxylic acids is 2. The highest BCUT2D eigenvalue weighted by atomic mass is 16.5. The predicted octanol–water partition coefficient (Wildman–Crippen LogP) is -1.39. The first-order valence-corrected chi connectivity index (χ1v) is 8.05. The van der Waals surface area contributed by atoms with Crippen molar-refractivity contribution in [1.82, 2.24) is 20.6 Å². The summed E-state index contributed by atoms with van der Waals surface area (Å²) in [5, 5.41) is 17.9. The van der Waals surface area contributed by atoms with Crippen molar-refractivity contribution in [3.63, 3.8) is 0 Å². The molecule has 0 radical (unpaired) electrons. The van der Waals surface area contributed by atoms with Crippen LogP contribution in [0.5, 0.6) is 0 Å². The largest absolute Gasteiger partial charge is 0.618 e. The molecule has 2 aromatic heterocycles. The Morgan fingerprint density at radius 3 is 2.92 bits per heavy atom. The van der Waals surface area contributed by atoms with E-state index in [0.717, 1.165) is 0 Å². The van der Waals surface area contributed by atoms with Crippen LogP contribution < -0.4 is 21.1 Å². The van der Waals surface area contributed by atoms with E-state index in [9.17, 15) is 14.8 Å². The summed E-state index contributed by atoms with van der Waals surface area (Å²) in [6.07, 6.45) is 3.17. The minimum Gasteiger partial charge on any atom is -0.618 e. The summed E-state index contributed by atoms with van der Waals surface area (Å²) >= 11 is 0. The molecule has 1 atom stereocenters. The summed E-state index contributed by atoms with van der Waals surface area (Å²) < 4.78 is 5.25. The van der Waals surface area contributed by atoms with E-state index in [4.69, 9.17) is 10.5 Å².